The number of nitro groups is 1. The number of rotatable bonds is 5. The number of aliphatic carboxylic acids is 1. The molecule has 0 spiro atoms. The first kappa shape index (κ1) is 21.9. The quantitative estimate of drug-likeness (QED) is 0.286. The van der Waals surface area contributed by atoms with Gasteiger partial charge in [0.15, 0.2) is 0 Å². The first-order valence-corrected chi connectivity index (χ1v) is 10.6. The zero-order valence-corrected chi connectivity index (χ0v) is 18.5. The number of Topliss-reactive ketones (excluding diaryl/α,β-unsaturated/α-hetero) is 1. The van der Waals surface area contributed by atoms with Gasteiger partial charge in [-0.3, -0.25) is 19.7 Å². The summed E-state index contributed by atoms with van der Waals surface area (Å²) in [5.41, 5.74) is -0.977. The highest BCUT2D eigenvalue weighted by molar-refractivity contribution is 9.10. The smallest absolute Gasteiger partial charge is 0.340 e. The molecule has 0 unspecified atom stereocenters. The van der Waals surface area contributed by atoms with Gasteiger partial charge in [0.25, 0.3) is 0 Å². The number of fused-ring (bicyclic) bond motifs is 3. The van der Waals surface area contributed by atoms with Gasteiger partial charge < -0.3 is 14.7 Å². The normalized spacial score (nSPS) is 26.2. The van der Waals surface area contributed by atoms with Crippen LogP contribution in [-0.2, 0) is 14.3 Å². The van der Waals surface area contributed by atoms with Crippen LogP contribution in [0, 0.1) is 16.0 Å². The lowest BCUT2D eigenvalue weighted by Gasteiger charge is -2.49. The van der Waals surface area contributed by atoms with Crippen molar-refractivity contribution in [3.05, 3.63) is 74.2 Å². The zero-order valence-electron chi connectivity index (χ0n) is 16.9. The van der Waals surface area contributed by atoms with Crippen LogP contribution in [0.5, 0.6) is 0 Å². The molecule has 0 aromatic heterocycles. The Labute approximate surface area is 191 Å². The van der Waals surface area contributed by atoms with Gasteiger partial charge in [0.2, 0.25) is 17.4 Å². The molecule has 32 heavy (non-hydrogen) atoms. The number of piperidine rings is 1. The van der Waals surface area contributed by atoms with Gasteiger partial charge >= 0.3 is 11.9 Å². The number of methoxy groups -OCH3 is 1. The SMILES string of the molecule is COC(=O)[C@]12C(=O)c3ccccc3N1C[C@@H](CC(=O)O)[C@H]([N+](=O)[O-])[C@H]2c1cccc(Br)c1. The minimum absolute atomic E-state index is 0.152. The first-order chi connectivity index (χ1) is 15.2. The van der Waals surface area contributed by atoms with Gasteiger partial charge in [0.1, 0.15) is 0 Å². The van der Waals surface area contributed by atoms with Crippen molar-refractivity contribution in [1.29, 1.82) is 0 Å². The fourth-order valence-corrected chi connectivity index (χ4v) is 5.58. The molecule has 0 aliphatic carbocycles. The van der Waals surface area contributed by atoms with Crippen molar-refractivity contribution in [2.75, 3.05) is 18.6 Å². The number of anilines is 1. The maximum Gasteiger partial charge on any atom is 0.340 e. The van der Waals surface area contributed by atoms with Crippen LogP contribution in [0.3, 0.4) is 0 Å². The Bertz CT molecular complexity index is 1140. The second-order valence-electron chi connectivity index (χ2n) is 7.88. The average Bonchev–Trinajstić information content (AvgIpc) is 3.01. The Balaban J connectivity index is 2.06. The third kappa shape index (κ3) is 3.09. The molecule has 4 rings (SSSR count). The Morgan fingerprint density at radius 3 is 2.62 bits per heavy atom. The number of halogens is 1. The molecule has 166 valence electrons. The third-order valence-electron chi connectivity index (χ3n) is 6.29. The summed E-state index contributed by atoms with van der Waals surface area (Å²) < 4.78 is 5.67. The number of nitrogens with zero attached hydrogens (tertiary/aromatic N) is 2. The van der Waals surface area contributed by atoms with Gasteiger partial charge in [-0.2, -0.15) is 0 Å². The standard InChI is InChI=1S/C22H19BrN2O7/c1-32-21(29)22-18(12-5-4-6-14(23)9-12)19(25(30)31)13(10-17(26)27)11-24(22)16-8-3-2-7-15(16)20(22)28/h2-9,13,18-19H,10-11H2,1H3,(H,26,27)/t13-,18-,19+,22+/m1/s1. The predicted molar refractivity (Wildman–Crippen MR) is 116 cm³/mol. The molecule has 1 saturated heterocycles. The number of hydrogen-bond acceptors (Lipinski definition) is 7. The number of hydrogen-bond donors (Lipinski definition) is 1. The maximum absolute atomic E-state index is 13.8. The second-order valence-corrected chi connectivity index (χ2v) is 8.80. The summed E-state index contributed by atoms with van der Waals surface area (Å²) in [5.74, 6) is -4.93. The van der Waals surface area contributed by atoms with Crippen molar-refractivity contribution < 1.29 is 29.2 Å². The van der Waals surface area contributed by atoms with Crippen LogP contribution in [0.1, 0.15) is 28.3 Å². The molecule has 2 aromatic rings. The minimum Gasteiger partial charge on any atom is -0.481 e. The highest BCUT2D eigenvalue weighted by Crippen LogP contribution is 2.54. The van der Waals surface area contributed by atoms with Gasteiger partial charge in [-0.1, -0.05) is 40.2 Å². The molecular formula is C22H19BrN2O7. The molecule has 0 amide bonds. The van der Waals surface area contributed by atoms with E-state index >= 15 is 0 Å². The molecule has 1 fully saturated rings. The predicted octanol–water partition coefficient (Wildman–Crippen LogP) is 2.90. The Hall–Kier alpha value is -3.27. The molecule has 2 aromatic carbocycles. The Morgan fingerprint density at radius 1 is 1.28 bits per heavy atom. The van der Waals surface area contributed by atoms with Gasteiger partial charge in [0.05, 0.1) is 25.4 Å². The van der Waals surface area contributed by atoms with Gasteiger partial charge in [0, 0.05) is 27.2 Å². The molecule has 2 aliphatic heterocycles. The molecule has 9 nitrogen and oxygen atoms in total. The van der Waals surface area contributed by atoms with Crippen molar-refractivity contribution in [2.45, 2.75) is 23.9 Å². The molecule has 10 heteroatoms. The van der Waals surface area contributed by atoms with E-state index in [4.69, 9.17) is 4.74 Å². The molecule has 4 atom stereocenters. The molecular weight excluding hydrogens is 484 g/mol. The topological polar surface area (TPSA) is 127 Å². The summed E-state index contributed by atoms with van der Waals surface area (Å²) in [6.45, 7) is -0.152. The third-order valence-corrected chi connectivity index (χ3v) is 6.78. The number of carboxylic acids is 1. The Morgan fingerprint density at radius 2 is 2.00 bits per heavy atom. The van der Waals surface area contributed by atoms with Crippen LogP contribution in [-0.4, -0.2) is 53.0 Å². The molecule has 0 saturated carbocycles. The number of carbonyl (C=O) groups excluding carboxylic acids is 2. The molecule has 0 bridgehead atoms. The van der Waals surface area contributed by atoms with E-state index in [0.29, 0.717) is 15.7 Å². The summed E-state index contributed by atoms with van der Waals surface area (Å²) in [5, 5.41) is 21.8. The fraction of sp³-hybridized carbons (Fsp3) is 0.318. The number of carbonyl (C=O) groups is 3. The van der Waals surface area contributed by atoms with E-state index in [1.165, 1.54) is 4.90 Å². The highest BCUT2D eigenvalue weighted by Gasteiger charge is 2.71. The summed E-state index contributed by atoms with van der Waals surface area (Å²) in [4.78, 5) is 52.1. The zero-order chi connectivity index (χ0) is 23.2. The van der Waals surface area contributed by atoms with E-state index < -0.39 is 52.5 Å². The van der Waals surface area contributed by atoms with E-state index in [-0.39, 0.29) is 12.1 Å². The van der Waals surface area contributed by atoms with Crippen LogP contribution in [0.2, 0.25) is 0 Å². The van der Waals surface area contributed by atoms with Gasteiger partial charge in [-0.15, -0.1) is 0 Å². The van der Waals surface area contributed by atoms with Crippen molar-refractivity contribution in [3.63, 3.8) is 0 Å². The molecule has 1 N–H and O–H groups in total. The molecule has 2 heterocycles. The van der Waals surface area contributed by atoms with Crippen molar-refractivity contribution in [2.24, 2.45) is 5.92 Å². The lowest BCUT2D eigenvalue weighted by molar-refractivity contribution is -0.539. The van der Waals surface area contributed by atoms with Crippen LogP contribution in [0.25, 0.3) is 0 Å². The van der Waals surface area contributed by atoms with Gasteiger partial charge in [-0.25, -0.2) is 4.79 Å². The number of esters is 1. The number of benzene rings is 2. The van der Waals surface area contributed by atoms with Gasteiger partial charge in [-0.05, 0) is 29.8 Å². The summed E-state index contributed by atoms with van der Waals surface area (Å²) >= 11 is 3.35. The largest absolute Gasteiger partial charge is 0.481 e. The van der Waals surface area contributed by atoms with Crippen molar-refractivity contribution in [1.82, 2.24) is 0 Å². The maximum atomic E-state index is 13.8. The lowest BCUT2D eigenvalue weighted by atomic mass is 9.65. The second kappa shape index (κ2) is 8.01. The van der Waals surface area contributed by atoms with E-state index in [9.17, 15) is 29.6 Å². The van der Waals surface area contributed by atoms with E-state index in [1.54, 1.807) is 48.5 Å². The van der Waals surface area contributed by atoms with Crippen LogP contribution in [0.15, 0.2) is 53.0 Å². The van der Waals surface area contributed by atoms with Crippen molar-refractivity contribution >= 4 is 39.3 Å². The average molecular weight is 503 g/mol. The molecule has 2 aliphatic rings. The first-order valence-electron chi connectivity index (χ1n) is 9.84. The monoisotopic (exact) mass is 502 g/mol. The number of carboxylic acid groups (broad SMARTS) is 1. The van der Waals surface area contributed by atoms with Crippen LogP contribution >= 0.6 is 15.9 Å². The highest BCUT2D eigenvalue weighted by atomic mass is 79.9. The van der Waals surface area contributed by atoms with E-state index in [0.717, 1.165) is 7.11 Å². The van der Waals surface area contributed by atoms with Crippen molar-refractivity contribution in [3.8, 4) is 0 Å². The minimum atomic E-state index is -2.02. The number of para-hydroxylation sites is 1. The number of ether oxygens (including phenoxy) is 1. The summed E-state index contributed by atoms with van der Waals surface area (Å²) in [6.07, 6.45) is -0.486. The van der Waals surface area contributed by atoms with Crippen LogP contribution < -0.4 is 4.90 Å². The van der Waals surface area contributed by atoms with Crippen LogP contribution in [0.4, 0.5) is 5.69 Å². The summed E-state index contributed by atoms with van der Waals surface area (Å²) in [7, 11) is 1.13. The van der Waals surface area contributed by atoms with E-state index in [2.05, 4.69) is 15.9 Å². The lowest BCUT2D eigenvalue weighted by Crippen LogP contribution is -2.70. The Kier molecular flexibility index (Phi) is 5.49. The fourth-order valence-electron chi connectivity index (χ4n) is 5.16. The van der Waals surface area contributed by atoms with E-state index in [1.807, 2.05) is 0 Å². The summed E-state index contributed by atoms with van der Waals surface area (Å²) in [6, 6.07) is 11.6. The number of ketones is 1. The molecule has 0 radical (unpaired) electrons.